The molecule has 4 rings (SSSR count). The lowest BCUT2D eigenvalue weighted by Crippen LogP contribution is -2.34. The van der Waals surface area contributed by atoms with Crippen LogP contribution in [0.15, 0.2) is 49.6 Å². The Labute approximate surface area is 181 Å². The minimum Gasteiger partial charge on any atom is -0.396 e. The van der Waals surface area contributed by atoms with Gasteiger partial charge in [0, 0.05) is 42.1 Å². The van der Waals surface area contributed by atoms with Gasteiger partial charge in [0.15, 0.2) is 0 Å². The molecule has 31 heavy (non-hydrogen) atoms. The van der Waals surface area contributed by atoms with Gasteiger partial charge in [-0.25, -0.2) is 9.97 Å². The number of aliphatic hydroxyl groups is 1. The van der Waals surface area contributed by atoms with Crippen molar-refractivity contribution in [3.05, 3.63) is 66.5 Å². The van der Waals surface area contributed by atoms with E-state index in [-0.39, 0.29) is 24.5 Å². The van der Waals surface area contributed by atoms with Crippen molar-refractivity contribution in [3.63, 3.8) is 0 Å². The first-order chi connectivity index (χ1) is 15.0. The second-order valence-electron chi connectivity index (χ2n) is 7.77. The van der Waals surface area contributed by atoms with Gasteiger partial charge in [-0.15, -0.1) is 13.2 Å². The standard InChI is InChI=1S/C24H27N5O2/c1-4-7-15-13-25-24(31)18-12-20(28-21(15)18)17-8-6-9-19-22(17)29-23(14(3)26-19)27-16(5-2)10-11-30/h4-6,8-9,12,15-16,28,30H,1-2,7,10-11,13H2,3H3,(H,25,31)(H,27,29)/t15-,16?/m0/s1. The number of nitrogens with zero attached hydrogens (tertiary/aromatic N) is 2. The van der Waals surface area contributed by atoms with Crippen LogP contribution in [0.5, 0.6) is 0 Å². The monoisotopic (exact) mass is 417 g/mol. The molecule has 0 saturated carbocycles. The van der Waals surface area contributed by atoms with Crippen molar-refractivity contribution < 1.29 is 9.90 Å². The molecule has 7 heteroatoms. The van der Waals surface area contributed by atoms with Crippen LogP contribution < -0.4 is 10.6 Å². The Morgan fingerprint density at radius 3 is 2.90 bits per heavy atom. The zero-order valence-corrected chi connectivity index (χ0v) is 17.6. The molecule has 0 saturated heterocycles. The highest BCUT2D eigenvalue weighted by Crippen LogP contribution is 2.34. The molecule has 3 aromatic rings. The number of carbonyl (C=O) groups is 1. The number of aliphatic hydroxyl groups excluding tert-OH is 1. The van der Waals surface area contributed by atoms with E-state index in [1.807, 2.05) is 37.3 Å². The van der Waals surface area contributed by atoms with Crippen LogP contribution >= 0.6 is 0 Å². The van der Waals surface area contributed by atoms with E-state index in [0.29, 0.717) is 24.3 Å². The predicted octanol–water partition coefficient (Wildman–Crippen LogP) is 3.69. The third kappa shape index (κ3) is 3.96. The first-order valence-electron chi connectivity index (χ1n) is 10.4. The highest BCUT2D eigenvalue weighted by atomic mass is 16.3. The van der Waals surface area contributed by atoms with Crippen molar-refractivity contribution in [2.24, 2.45) is 0 Å². The third-order valence-electron chi connectivity index (χ3n) is 5.67. The fourth-order valence-corrected chi connectivity index (χ4v) is 4.02. The fraction of sp³-hybridized carbons (Fsp3) is 0.292. The van der Waals surface area contributed by atoms with E-state index in [2.05, 4.69) is 28.8 Å². The number of aryl methyl sites for hydroxylation is 1. The highest BCUT2D eigenvalue weighted by Gasteiger charge is 2.27. The summed E-state index contributed by atoms with van der Waals surface area (Å²) >= 11 is 0. The molecule has 1 unspecified atom stereocenters. The number of H-pyrrole nitrogens is 1. The number of aromatic nitrogens is 3. The Morgan fingerprint density at radius 1 is 1.32 bits per heavy atom. The summed E-state index contributed by atoms with van der Waals surface area (Å²) in [5.41, 5.74) is 5.60. The zero-order chi connectivity index (χ0) is 22.0. The van der Waals surface area contributed by atoms with Crippen LogP contribution in [0.2, 0.25) is 0 Å². The number of fused-ring (bicyclic) bond motifs is 2. The Bertz CT molecular complexity index is 1150. The molecular formula is C24H27N5O2. The van der Waals surface area contributed by atoms with E-state index in [1.165, 1.54) is 0 Å². The first kappa shape index (κ1) is 20.8. The lowest BCUT2D eigenvalue weighted by molar-refractivity contribution is 0.0940. The van der Waals surface area contributed by atoms with Gasteiger partial charge < -0.3 is 20.7 Å². The fourth-order valence-electron chi connectivity index (χ4n) is 4.02. The molecule has 0 spiro atoms. The molecule has 1 aliphatic rings. The third-order valence-corrected chi connectivity index (χ3v) is 5.67. The molecular weight excluding hydrogens is 390 g/mol. The van der Waals surface area contributed by atoms with E-state index in [4.69, 9.17) is 9.97 Å². The predicted molar refractivity (Wildman–Crippen MR) is 123 cm³/mol. The van der Waals surface area contributed by atoms with Crippen LogP contribution in [0, 0.1) is 6.92 Å². The van der Waals surface area contributed by atoms with Crippen molar-refractivity contribution in [1.29, 1.82) is 0 Å². The molecule has 1 aliphatic heterocycles. The smallest absolute Gasteiger partial charge is 0.253 e. The first-order valence-corrected chi connectivity index (χ1v) is 10.4. The summed E-state index contributed by atoms with van der Waals surface area (Å²) in [4.78, 5) is 25.5. The number of para-hydroxylation sites is 1. The molecule has 0 bridgehead atoms. The molecule has 0 aliphatic carbocycles. The summed E-state index contributed by atoms with van der Waals surface area (Å²) in [7, 11) is 0. The zero-order valence-electron chi connectivity index (χ0n) is 17.6. The molecule has 2 aromatic heterocycles. The molecule has 7 nitrogen and oxygen atoms in total. The molecule has 2 atom stereocenters. The van der Waals surface area contributed by atoms with E-state index in [9.17, 15) is 9.90 Å². The Hall–Kier alpha value is -3.45. The summed E-state index contributed by atoms with van der Waals surface area (Å²) in [6, 6.07) is 7.63. The largest absolute Gasteiger partial charge is 0.396 e. The molecule has 160 valence electrons. The number of rotatable bonds is 8. The Morgan fingerprint density at radius 2 is 2.16 bits per heavy atom. The van der Waals surface area contributed by atoms with Gasteiger partial charge in [0.25, 0.3) is 5.91 Å². The molecule has 0 fully saturated rings. The van der Waals surface area contributed by atoms with Gasteiger partial charge in [0.1, 0.15) is 11.3 Å². The number of anilines is 1. The van der Waals surface area contributed by atoms with Crippen LogP contribution in [0.3, 0.4) is 0 Å². The number of nitrogens with one attached hydrogen (secondary N) is 3. The molecule has 1 aromatic carbocycles. The van der Waals surface area contributed by atoms with E-state index >= 15 is 0 Å². The molecule has 4 N–H and O–H groups in total. The van der Waals surface area contributed by atoms with E-state index in [1.54, 1.807) is 6.08 Å². The van der Waals surface area contributed by atoms with Crippen LogP contribution in [0.25, 0.3) is 22.3 Å². The number of carbonyl (C=O) groups excluding carboxylic acids is 1. The average Bonchev–Trinajstić information content (AvgIpc) is 3.22. The lowest BCUT2D eigenvalue weighted by Gasteiger charge is -2.21. The van der Waals surface area contributed by atoms with Crippen molar-refractivity contribution in [2.75, 3.05) is 18.5 Å². The summed E-state index contributed by atoms with van der Waals surface area (Å²) in [5, 5.41) is 15.5. The summed E-state index contributed by atoms with van der Waals surface area (Å²) in [6.07, 6.45) is 4.95. The Kier molecular flexibility index (Phi) is 5.86. The second kappa shape index (κ2) is 8.73. The van der Waals surface area contributed by atoms with Crippen molar-refractivity contribution >= 4 is 22.8 Å². The maximum Gasteiger partial charge on any atom is 0.253 e. The molecule has 3 heterocycles. The van der Waals surface area contributed by atoms with Crippen molar-refractivity contribution in [2.45, 2.75) is 31.7 Å². The second-order valence-corrected chi connectivity index (χ2v) is 7.77. The summed E-state index contributed by atoms with van der Waals surface area (Å²) in [6.45, 7) is 10.2. The van der Waals surface area contributed by atoms with Gasteiger partial charge in [0.05, 0.1) is 16.8 Å². The van der Waals surface area contributed by atoms with Crippen molar-refractivity contribution in [3.8, 4) is 11.3 Å². The van der Waals surface area contributed by atoms with Crippen molar-refractivity contribution in [1.82, 2.24) is 20.3 Å². The number of benzene rings is 1. The van der Waals surface area contributed by atoms with E-state index < -0.39 is 0 Å². The van der Waals surface area contributed by atoms with Crippen LogP contribution in [-0.2, 0) is 0 Å². The van der Waals surface area contributed by atoms with Gasteiger partial charge in [-0.1, -0.05) is 24.3 Å². The molecule has 1 amide bonds. The number of hydrogen-bond donors (Lipinski definition) is 4. The van der Waals surface area contributed by atoms with Crippen LogP contribution in [-0.4, -0.2) is 45.2 Å². The number of aromatic amines is 1. The summed E-state index contributed by atoms with van der Waals surface area (Å²) < 4.78 is 0. The van der Waals surface area contributed by atoms with Crippen LogP contribution in [0.4, 0.5) is 5.82 Å². The van der Waals surface area contributed by atoms with Gasteiger partial charge >= 0.3 is 0 Å². The Balaban J connectivity index is 1.80. The lowest BCUT2D eigenvalue weighted by atomic mass is 9.94. The quantitative estimate of drug-likeness (QED) is 0.419. The average molecular weight is 418 g/mol. The van der Waals surface area contributed by atoms with Gasteiger partial charge in [0.2, 0.25) is 0 Å². The number of hydrogen-bond acceptors (Lipinski definition) is 5. The van der Waals surface area contributed by atoms with E-state index in [0.717, 1.165) is 40.1 Å². The number of allylic oxidation sites excluding steroid dienone is 1. The number of amides is 1. The topological polar surface area (TPSA) is 103 Å². The van der Waals surface area contributed by atoms with Gasteiger partial charge in [-0.05, 0) is 31.9 Å². The van der Waals surface area contributed by atoms with Crippen LogP contribution in [0.1, 0.15) is 40.5 Å². The van der Waals surface area contributed by atoms with Gasteiger partial charge in [-0.3, -0.25) is 4.79 Å². The minimum absolute atomic E-state index is 0.0525. The highest BCUT2D eigenvalue weighted by molar-refractivity contribution is 6.00. The summed E-state index contributed by atoms with van der Waals surface area (Å²) in [5.74, 6) is 0.753. The normalized spacial score (nSPS) is 16.5. The SMILES string of the molecule is C=CC[C@H]1CNC(=O)c2cc(-c3cccc4nc(C)c(NC(C=C)CCO)nc34)[nH]c21. The molecule has 0 radical (unpaired) electrons. The minimum atomic E-state index is -0.108. The van der Waals surface area contributed by atoms with Gasteiger partial charge in [-0.2, -0.15) is 0 Å². The maximum absolute atomic E-state index is 12.4. The maximum atomic E-state index is 12.4.